The fourth-order valence-corrected chi connectivity index (χ4v) is 5.97. The molecule has 3 atom stereocenters. The van der Waals surface area contributed by atoms with Gasteiger partial charge in [0, 0.05) is 36.2 Å². The van der Waals surface area contributed by atoms with Gasteiger partial charge in [-0.05, 0) is 78.5 Å². The summed E-state index contributed by atoms with van der Waals surface area (Å²) >= 11 is 0. The van der Waals surface area contributed by atoms with Gasteiger partial charge in [0.05, 0.1) is 0 Å². The summed E-state index contributed by atoms with van der Waals surface area (Å²) in [5.41, 5.74) is 7.28. The van der Waals surface area contributed by atoms with Crippen molar-refractivity contribution in [2.75, 3.05) is 10.7 Å². The van der Waals surface area contributed by atoms with E-state index in [0.717, 1.165) is 49.1 Å². The lowest BCUT2D eigenvalue weighted by molar-refractivity contribution is -0.121. The molecule has 0 aromatic heterocycles. The first kappa shape index (κ1) is 31.2. The first-order chi connectivity index (χ1) is 17.0. The number of hydrazine groups is 1. The predicted octanol–water partition coefficient (Wildman–Crippen LogP) is 8.60. The Morgan fingerprint density at radius 2 is 1.35 bits per heavy atom. The lowest BCUT2D eigenvalue weighted by Crippen LogP contribution is -2.33. The van der Waals surface area contributed by atoms with Crippen LogP contribution in [0, 0.1) is 22.7 Å². The summed E-state index contributed by atoms with van der Waals surface area (Å²) in [6, 6.07) is 19.2. The molecule has 5 heteroatoms. The Morgan fingerprint density at radius 1 is 0.784 bits per heavy atom. The van der Waals surface area contributed by atoms with Gasteiger partial charge < -0.3 is 10.7 Å². The number of benzene rings is 2. The minimum Gasteiger partial charge on any atom is -0.381 e. The van der Waals surface area contributed by atoms with Crippen molar-refractivity contribution in [2.45, 2.75) is 98.4 Å². The number of nitrogen functional groups attached to an aromatic ring is 1. The maximum Gasteiger partial charge on any atom is 0.132 e. The second-order valence-electron chi connectivity index (χ2n) is 13.0. The molecular weight excluding hydrogens is 478 g/mol. The van der Waals surface area contributed by atoms with E-state index in [1.54, 1.807) is 5.56 Å². The number of hydrogen-bond donors (Lipinski definition) is 3. The standard InChI is InChI=1S/C16H23N.C10H18O.C6H8N2.ClH/c1-16(2,3)11-8-9-15-13(10-11)12-6-4-5-7-14(12)17-15;1-10(2,3)8-4-6-9(11)7-5-8;7-8-6-4-2-1-3-5-6;/h4-7,11,13,15,17H,8-10H2,1-3H3;8H,4-7H2,1-3H3;1-5,8H,7H2;1H. The molecule has 1 aliphatic heterocycles. The predicted molar refractivity (Wildman–Crippen MR) is 161 cm³/mol. The molecule has 0 amide bonds. The minimum atomic E-state index is 0. The zero-order valence-electron chi connectivity index (χ0n) is 23.8. The second kappa shape index (κ2) is 13.7. The Bertz CT molecular complexity index is 954. The number of halogens is 1. The molecule has 0 saturated heterocycles. The van der Waals surface area contributed by atoms with Gasteiger partial charge in [0.15, 0.2) is 0 Å². The molecule has 4 nitrogen and oxygen atoms in total. The molecule has 0 spiro atoms. The molecule has 4 N–H and O–H groups in total. The number of ketones is 1. The number of carbonyl (C=O) groups is 1. The smallest absolute Gasteiger partial charge is 0.132 e. The first-order valence-electron chi connectivity index (χ1n) is 13.9. The topological polar surface area (TPSA) is 67.2 Å². The largest absolute Gasteiger partial charge is 0.381 e. The van der Waals surface area contributed by atoms with E-state index in [1.807, 2.05) is 30.3 Å². The third-order valence-corrected chi connectivity index (χ3v) is 8.48. The van der Waals surface area contributed by atoms with E-state index in [4.69, 9.17) is 5.84 Å². The summed E-state index contributed by atoms with van der Waals surface area (Å²) in [4.78, 5) is 10.9. The lowest BCUT2D eigenvalue weighted by Gasteiger charge is -2.39. The summed E-state index contributed by atoms with van der Waals surface area (Å²) in [5.74, 6) is 7.95. The van der Waals surface area contributed by atoms with Crippen molar-refractivity contribution in [3.63, 3.8) is 0 Å². The van der Waals surface area contributed by atoms with E-state index in [1.165, 1.54) is 24.9 Å². The molecule has 2 aliphatic carbocycles. The van der Waals surface area contributed by atoms with Gasteiger partial charge >= 0.3 is 0 Å². The van der Waals surface area contributed by atoms with E-state index in [2.05, 4.69) is 76.6 Å². The number of fused-ring (bicyclic) bond motifs is 3. The van der Waals surface area contributed by atoms with Crippen LogP contribution in [0.25, 0.3) is 0 Å². The summed E-state index contributed by atoms with van der Waals surface area (Å²) in [5, 5.41) is 3.71. The Hall–Kier alpha value is -2.04. The number of rotatable bonds is 1. The van der Waals surface area contributed by atoms with Crippen LogP contribution in [0.2, 0.25) is 0 Å². The number of Topliss-reactive ketones (excluding diaryl/α,β-unsaturated/α-hetero) is 1. The van der Waals surface area contributed by atoms with Gasteiger partial charge in [-0.25, -0.2) is 0 Å². The van der Waals surface area contributed by atoms with Crippen LogP contribution in [0.5, 0.6) is 0 Å². The third-order valence-electron chi connectivity index (χ3n) is 8.48. The number of nitrogens with one attached hydrogen (secondary N) is 2. The van der Waals surface area contributed by atoms with Crippen LogP contribution in [-0.2, 0) is 4.79 Å². The van der Waals surface area contributed by atoms with Gasteiger partial charge in [-0.3, -0.25) is 10.6 Å². The molecule has 0 bridgehead atoms. The molecule has 2 fully saturated rings. The van der Waals surface area contributed by atoms with Crippen LogP contribution in [0.3, 0.4) is 0 Å². The van der Waals surface area contributed by atoms with Crippen LogP contribution in [0.1, 0.15) is 98.0 Å². The Balaban J connectivity index is 0.000000209. The molecule has 206 valence electrons. The molecule has 3 aliphatic rings. The van der Waals surface area contributed by atoms with Gasteiger partial charge in [-0.15, -0.1) is 12.4 Å². The molecular formula is C32H50ClN3O. The van der Waals surface area contributed by atoms with E-state index in [-0.39, 0.29) is 12.4 Å². The summed E-state index contributed by atoms with van der Waals surface area (Å²) < 4.78 is 0. The molecule has 5 rings (SSSR count). The lowest BCUT2D eigenvalue weighted by atomic mass is 9.67. The van der Waals surface area contributed by atoms with Crippen molar-refractivity contribution in [1.29, 1.82) is 0 Å². The van der Waals surface area contributed by atoms with Crippen molar-refractivity contribution in [3.8, 4) is 0 Å². The minimum absolute atomic E-state index is 0. The van der Waals surface area contributed by atoms with Gasteiger partial charge in [0.1, 0.15) is 5.78 Å². The number of anilines is 2. The van der Waals surface area contributed by atoms with E-state index in [0.29, 0.717) is 22.7 Å². The normalized spacial score (nSPS) is 23.0. The van der Waals surface area contributed by atoms with Crippen LogP contribution in [0.15, 0.2) is 54.6 Å². The fraction of sp³-hybridized carbons (Fsp3) is 0.594. The van der Waals surface area contributed by atoms with E-state index >= 15 is 0 Å². The monoisotopic (exact) mass is 527 g/mol. The molecule has 2 saturated carbocycles. The molecule has 37 heavy (non-hydrogen) atoms. The average Bonchev–Trinajstić information content (AvgIpc) is 3.22. The summed E-state index contributed by atoms with van der Waals surface area (Å²) in [6.45, 7) is 14.0. The zero-order chi connectivity index (χ0) is 26.3. The number of hydrogen-bond acceptors (Lipinski definition) is 4. The van der Waals surface area contributed by atoms with Gasteiger partial charge in [0.25, 0.3) is 0 Å². The fourth-order valence-electron chi connectivity index (χ4n) is 5.97. The highest BCUT2D eigenvalue weighted by atomic mass is 35.5. The van der Waals surface area contributed by atoms with Crippen molar-refractivity contribution < 1.29 is 4.79 Å². The third kappa shape index (κ3) is 9.04. The number of carbonyl (C=O) groups excluding carboxylic acids is 1. The maximum absolute atomic E-state index is 10.9. The molecule has 0 radical (unpaired) electrons. The van der Waals surface area contributed by atoms with Crippen LogP contribution >= 0.6 is 12.4 Å². The molecule has 2 aromatic rings. The average molecular weight is 528 g/mol. The highest BCUT2D eigenvalue weighted by molar-refractivity contribution is 5.85. The van der Waals surface area contributed by atoms with Crippen molar-refractivity contribution in [3.05, 3.63) is 60.2 Å². The van der Waals surface area contributed by atoms with Gasteiger partial charge in [-0.2, -0.15) is 0 Å². The van der Waals surface area contributed by atoms with E-state index < -0.39 is 0 Å². The molecule has 1 heterocycles. The van der Waals surface area contributed by atoms with Crippen LogP contribution in [0.4, 0.5) is 11.4 Å². The Labute approximate surface area is 232 Å². The molecule has 3 unspecified atom stereocenters. The highest BCUT2D eigenvalue weighted by Crippen LogP contribution is 2.49. The zero-order valence-corrected chi connectivity index (χ0v) is 24.7. The highest BCUT2D eigenvalue weighted by Gasteiger charge is 2.40. The van der Waals surface area contributed by atoms with Crippen molar-refractivity contribution in [2.24, 2.45) is 28.5 Å². The van der Waals surface area contributed by atoms with Crippen LogP contribution < -0.4 is 16.6 Å². The summed E-state index contributed by atoms with van der Waals surface area (Å²) in [6.07, 6.45) is 7.94. The maximum atomic E-state index is 10.9. The van der Waals surface area contributed by atoms with Crippen LogP contribution in [-0.4, -0.2) is 11.8 Å². The first-order valence-corrected chi connectivity index (χ1v) is 13.9. The number of nitrogens with two attached hydrogens (primary N) is 1. The molecule has 2 aromatic carbocycles. The SMILES string of the molecule is CC(C)(C)C1CCC(=O)CC1.CC(C)(C)C1CCC2Nc3ccccc3C2C1.Cl.NNc1ccccc1. The Kier molecular flexibility index (Phi) is 11.5. The van der Waals surface area contributed by atoms with Crippen molar-refractivity contribution in [1.82, 2.24) is 0 Å². The van der Waals surface area contributed by atoms with Crippen molar-refractivity contribution >= 4 is 29.6 Å². The second-order valence-corrected chi connectivity index (χ2v) is 13.0. The Morgan fingerprint density at radius 3 is 1.89 bits per heavy atom. The summed E-state index contributed by atoms with van der Waals surface area (Å²) in [7, 11) is 0. The number of para-hydroxylation sites is 2. The van der Waals surface area contributed by atoms with Gasteiger partial charge in [-0.1, -0.05) is 77.9 Å². The van der Waals surface area contributed by atoms with E-state index in [9.17, 15) is 4.79 Å². The quantitative estimate of drug-likeness (QED) is 0.256. The van der Waals surface area contributed by atoms with Gasteiger partial charge in [0.2, 0.25) is 0 Å².